The van der Waals surface area contributed by atoms with Crippen molar-refractivity contribution in [3.8, 4) is 11.8 Å². The molecule has 3 N–H and O–H groups in total. The molecule has 112 valence electrons. The van der Waals surface area contributed by atoms with Crippen molar-refractivity contribution in [1.29, 1.82) is 5.26 Å². The Hall–Kier alpha value is -2.52. The highest BCUT2D eigenvalue weighted by atomic mass is 16.5. The van der Waals surface area contributed by atoms with Crippen LogP contribution in [0.4, 0.5) is 5.69 Å². The summed E-state index contributed by atoms with van der Waals surface area (Å²) in [5.74, 6) is -0.482. The van der Waals surface area contributed by atoms with Crippen molar-refractivity contribution in [1.82, 2.24) is 5.32 Å². The molecule has 1 aromatic carbocycles. The van der Waals surface area contributed by atoms with Crippen LogP contribution in [0.25, 0.3) is 0 Å². The normalized spacial score (nSPS) is 10.8. The van der Waals surface area contributed by atoms with E-state index in [1.165, 1.54) is 18.3 Å². The van der Waals surface area contributed by atoms with Crippen molar-refractivity contribution in [2.45, 2.75) is 13.3 Å². The van der Waals surface area contributed by atoms with Crippen LogP contribution in [-0.2, 0) is 9.53 Å². The average Bonchev–Trinajstić information content (AvgIpc) is 2.46. The first-order chi connectivity index (χ1) is 10.2. The summed E-state index contributed by atoms with van der Waals surface area (Å²) in [6.07, 6.45) is 2.17. The number of carbonyl (C=O) groups excluding carboxylic acids is 1. The molecule has 0 radical (unpaired) electrons. The summed E-state index contributed by atoms with van der Waals surface area (Å²) in [7, 11) is 0. The molecule has 0 aliphatic heterocycles. The summed E-state index contributed by atoms with van der Waals surface area (Å²) in [4.78, 5) is 11.9. The van der Waals surface area contributed by atoms with E-state index in [-0.39, 0.29) is 11.3 Å². The highest BCUT2D eigenvalue weighted by Gasteiger charge is 2.09. The predicted molar refractivity (Wildman–Crippen MR) is 79.5 cm³/mol. The number of hydrogen-bond acceptors (Lipinski definition) is 5. The van der Waals surface area contributed by atoms with Crippen LogP contribution in [-0.4, -0.2) is 30.8 Å². The molecule has 0 fully saturated rings. The zero-order valence-corrected chi connectivity index (χ0v) is 11.9. The van der Waals surface area contributed by atoms with Gasteiger partial charge in [-0.3, -0.25) is 4.79 Å². The Kier molecular flexibility index (Phi) is 7.40. The lowest BCUT2D eigenvalue weighted by Crippen LogP contribution is -2.17. The molecule has 0 aromatic heterocycles. The first-order valence-electron chi connectivity index (χ1n) is 6.69. The Bertz CT molecular complexity index is 535. The second-order valence-corrected chi connectivity index (χ2v) is 4.18. The van der Waals surface area contributed by atoms with E-state index in [2.05, 4.69) is 10.6 Å². The summed E-state index contributed by atoms with van der Waals surface area (Å²) in [5.41, 5.74) is 0.396. The summed E-state index contributed by atoms with van der Waals surface area (Å²) in [5, 5.41) is 23.7. The fraction of sp³-hybridized carbons (Fsp3) is 0.333. The maximum atomic E-state index is 11.9. The van der Waals surface area contributed by atoms with Crippen LogP contribution in [0.2, 0.25) is 0 Å². The van der Waals surface area contributed by atoms with E-state index in [1.807, 2.05) is 13.0 Å². The summed E-state index contributed by atoms with van der Waals surface area (Å²) >= 11 is 0. The number of anilines is 1. The zero-order valence-electron chi connectivity index (χ0n) is 11.9. The van der Waals surface area contributed by atoms with Gasteiger partial charge < -0.3 is 20.5 Å². The number of nitrogens with zero attached hydrogens (tertiary/aromatic N) is 1. The number of aromatic hydroxyl groups is 1. The Balaban J connectivity index is 2.47. The highest BCUT2D eigenvalue weighted by Crippen LogP contribution is 2.15. The zero-order chi connectivity index (χ0) is 15.5. The molecule has 0 aliphatic carbocycles. The minimum Gasteiger partial charge on any atom is -0.508 e. The van der Waals surface area contributed by atoms with Gasteiger partial charge in [0.05, 0.1) is 0 Å². The first-order valence-corrected chi connectivity index (χ1v) is 6.69. The second-order valence-electron chi connectivity index (χ2n) is 4.18. The molecule has 6 heteroatoms. The van der Waals surface area contributed by atoms with Gasteiger partial charge in [-0.05, 0) is 25.5 Å². The molecule has 0 bridgehead atoms. The number of carbonyl (C=O) groups is 1. The average molecular weight is 289 g/mol. The summed E-state index contributed by atoms with van der Waals surface area (Å²) in [6, 6.07) is 7.96. The molecule has 0 aliphatic rings. The minimum absolute atomic E-state index is 0.0326. The smallest absolute Gasteiger partial charge is 0.267 e. The lowest BCUT2D eigenvalue weighted by molar-refractivity contribution is -0.112. The number of ether oxygens (including phenoxy) is 1. The fourth-order valence-electron chi connectivity index (χ4n) is 1.53. The van der Waals surface area contributed by atoms with E-state index >= 15 is 0 Å². The molecular formula is C15H19N3O3. The van der Waals surface area contributed by atoms with E-state index in [1.54, 1.807) is 12.1 Å². The number of amides is 1. The van der Waals surface area contributed by atoms with Crippen molar-refractivity contribution >= 4 is 11.6 Å². The van der Waals surface area contributed by atoms with Crippen molar-refractivity contribution in [2.24, 2.45) is 0 Å². The van der Waals surface area contributed by atoms with Gasteiger partial charge in [-0.15, -0.1) is 0 Å². The van der Waals surface area contributed by atoms with Crippen LogP contribution in [0.5, 0.6) is 5.75 Å². The van der Waals surface area contributed by atoms with Crippen LogP contribution in [0.15, 0.2) is 36.0 Å². The van der Waals surface area contributed by atoms with E-state index in [4.69, 9.17) is 10.00 Å². The molecule has 0 saturated heterocycles. The van der Waals surface area contributed by atoms with Gasteiger partial charge >= 0.3 is 0 Å². The monoisotopic (exact) mass is 289 g/mol. The molecule has 1 rings (SSSR count). The van der Waals surface area contributed by atoms with E-state index in [0.29, 0.717) is 25.4 Å². The van der Waals surface area contributed by atoms with Gasteiger partial charge in [0.15, 0.2) is 0 Å². The lowest BCUT2D eigenvalue weighted by atomic mass is 10.2. The number of hydrogen-bond donors (Lipinski definition) is 3. The summed E-state index contributed by atoms with van der Waals surface area (Å²) < 4.78 is 5.18. The molecule has 21 heavy (non-hydrogen) atoms. The van der Waals surface area contributed by atoms with Gasteiger partial charge in [0.1, 0.15) is 17.4 Å². The molecule has 1 aromatic rings. The third kappa shape index (κ3) is 6.45. The topological polar surface area (TPSA) is 94.4 Å². The maximum absolute atomic E-state index is 11.9. The number of phenolic OH excluding ortho intramolecular Hbond substituents is 1. The molecule has 0 atom stereocenters. The lowest BCUT2D eigenvalue weighted by Gasteiger charge is -2.05. The van der Waals surface area contributed by atoms with Crippen molar-refractivity contribution in [3.63, 3.8) is 0 Å². The Morgan fingerprint density at radius 1 is 1.52 bits per heavy atom. The van der Waals surface area contributed by atoms with Crippen molar-refractivity contribution < 1.29 is 14.6 Å². The summed E-state index contributed by atoms with van der Waals surface area (Å²) in [6.45, 7) is 3.84. The van der Waals surface area contributed by atoms with Crippen LogP contribution < -0.4 is 10.6 Å². The number of benzene rings is 1. The van der Waals surface area contributed by atoms with E-state index in [0.717, 1.165) is 6.42 Å². The Morgan fingerprint density at radius 2 is 2.33 bits per heavy atom. The number of phenols is 1. The van der Waals surface area contributed by atoms with Crippen LogP contribution in [0.3, 0.4) is 0 Å². The fourth-order valence-corrected chi connectivity index (χ4v) is 1.53. The molecular weight excluding hydrogens is 270 g/mol. The van der Waals surface area contributed by atoms with Crippen LogP contribution >= 0.6 is 0 Å². The molecule has 0 saturated carbocycles. The number of nitriles is 1. The van der Waals surface area contributed by atoms with Gasteiger partial charge in [-0.25, -0.2) is 0 Å². The Morgan fingerprint density at radius 3 is 3.00 bits per heavy atom. The molecule has 6 nitrogen and oxygen atoms in total. The Labute approximate surface area is 124 Å². The second kappa shape index (κ2) is 9.39. The molecule has 0 heterocycles. The van der Waals surface area contributed by atoms with Gasteiger partial charge in [-0.1, -0.05) is 6.07 Å². The largest absolute Gasteiger partial charge is 0.508 e. The maximum Gasteiger partial charge on any atom is 0.267 e. The predicted octanol–water partition coefficient (Wildman–Crippen LogP) is 1.75. The molecule has 1 amide bonds. The van der Waals surface area contributed by atoms with E-state index < -0.39 is 5.91 Å². The van der Waals surface area contributed by atoms with Gasteiger partial charge in [0.2, 0.25) is 0 Å². The van der Waals surface area contributed by atoms with Crippen molar-refractivity contribution in [2.75, 3.05) is 25.1 Å². The molecule has 0 unspecified atom stereocenters. The minimum atomic E-state index is -0.527. The van der Waals surface area contributed by atoms with Gasteiger partial charge in [-0.2, -0.15) is 5.26 Å². The van der Waals surface area contributed by atoms with Gasteiger partial charge in [0, 0.05) is 37.7 Å². The van der Waals surface area contributed by atoms with Gasteiger partial charge in [0.25, 0.3) is 5.91 Å². The standard InChI is InChI=1S/C15H19N3O3/c1-2-21-8-4-7-17-11-12(10-16)15(20)18-13-5-3-6-14(19)9-13/h3,5-6,9,11,17,19H,2,4,7-8H2,1H3,(H,18,20)/b12-11-. The number of rotatable bonds is 8. The van der Waals surface area contributed by atoms with Crippen LogP contribution in [0, 0.1) is 11.3 Å². The first kappa shape index (κ1) is 16.5. The quantitative estimate of drug-likeness (QED) is 0.385. The highest BCUT2D eigenvalue weighted by molar-refractivity contribution is 6.06. The SMILES string of the molecule is CCOCCCN/C=C(/C#N)C(=O)Nc1cccc(O)c1. The van der Waals surface area contributed by atoms with E-state index in [9.17, 15) is 9.90 Å². The van der Waals surface area contributed by atoms with Crippen molar-refractivity contribution in [3.05, 3.63) is 36.0 Å². The third-order valence-corrected chi connectivity index (χ3v) is 2.53. The third-order valence-electron chi connectivity index (χ3n) is 2.53. The number of nitrogens with one attached hydrogen (secondary N) is 2. The van der Waals surface area contributed by atoms with Crippen LogP contribution in [0.1, 0.15) is 13.3 Å². The molecule has 0 spiro atoms.